The predicted octanol–water partition coefficient (Wildman–Crippen LogP) is 2.75. The standard InChI is InChI=1S/C21H26N4O2/c1-22-21(27)24-11-8-15(9-12-24)17-10-13-25(14-17)20(26)19-7-6-16-4-2-3-5-18(16)23-19/h2-7,15,17H,8-14H2,1H3,(H,22,27). The zero-order chi connectivity index (χ0) is 18.8. The topological polar surface area (TPSA) is 65.5 Å². The number of aromatic nitrogens is 1. The highest BCUT2D eigenvalue weighted by atomic mass is 16.2. The molecule has 1 atom stereocenters. The number of carbonyl (C=O) groups excluding carboxylic acids is 2. The van der Waals surface area contributed by atoms with Crippen molar-refractivity contribution in [3.05, 3.63) is 42.1 Å². The quantitative estimate of drug-likeness (QED) is 0.889. The van der Waals surface area contributed by atoms with E-state index >= 15 is 0 Å². The monoisotopic (exact) mass is 366 g/mol. The Morgan fingerprint density at radius 3 is 2.44 bits per heavy atom. The van der Waals surface area contributed by atoms with Crippen LogP contribution in [-0.4, -0.2) is 59.9 Å². The first-order valence-corrected chi connectivity index (χ1v) is 9.77. The van der Waals surface area contributed by atoms with Crippen molar-refractivity contribution in [2.45, 2.75) is 19.3 Å². The maximum atomic E-state index is 12.9. The maximum absolute atomic E-state index is 12.9. The highest BCUT2D eigenvalue weighted by Crippen LogP contribution is 2.32. The number of fused-ring (bicyclic) bond motifs is 1. The predicted molar refractivity (Wildman–Crippen MR) is 105 cm³/mol. The largest absolute Gasteiger partial charge is 0.341 e. The molecule has 1 unspecified atom stereocenters. The second kappa shape index (κ2) is 7.55. The Bertz CT molecular complexity index is 845. The first-order chi connectivity index (χ1) is 13.2. The Kier molecular flexibility index (Phi) is 4.97. The number of carbonyl (C=O) groups is 2. The van der Waals surface area contributed by atoms with Gasteiger partial charge in [0.05, 0.1) is 5.52 Å². The molecule has 2 saturated heterocycles. The van der Waals surface area contributed by atoms with E-state index in [0.29, 0.717) is 17.5 Å². The third-order valence-corrected chi connectivity index (χ3v) is 6.04. The summed E-state index contributed by atoms with van der Waals surface area (Å²) in [7, 11) is 1.68. The van der Waals surface area contributed by atoms with Gasteiger partial charge in [0.25, 0.3) is 5.91 Å². The minimum Gasteiger partial charge on any atom is -0.341 e. The van der Waals surface area contributed by atoms with Crippen LogP contribution in [0.5, 0.6) is 0 Å². The average Bonchev–Trinajstić information content (AvgIpc) is 3.22. The van der Waals surface area contributed by atoms with Gasteiger partial charge >= 0.3 is 6.03 Å². The lowest BCUT2D eigenvalue weighted by molar-refractivity contribution is 0.0771. The van der Waals surface area contributed by atoms with Crippen molar-refractivity contribution in [2.75, 3.05) is 33.2 Å². The molecular weight excluding hydrogens is 340 g/mol. The molecule has 4 rings (SSSR count). The molecule has 0 spiro atoms. The number of urea groups is 1. The van der Waals surface area contributed by atoms with Gasteiger partial charge in [0.2, 0.25) is 0 Å². The van der Waals surface area contributed by atoms with Gasteiger partial charge in [-0.1, -0.05) is 24.3 Å². The smallest absolute Gasteiger partial charge is 0.317 e. The lowest BCUT2D eigenvalue weighted by atomic mass is 9.84. The molecule has 27 heavy (non-hydrogen) atoms. The Balaban J connectivity index is 1.37. The third kappa shape index (κ3) is 3.61. The lowest BCUT2D eigenvalue weighted by Crippen LogP contribution is -2.44. The van der Waals surface area contributed by atoms with Crippen molar-refractivity contribution in [1.29, 1.82) is 0 Å². The zero-order valence-electron chi connectivity index (χ0n) is 15.7. The molecule has 0 aliphatic carbocycles. The van der Waals surface area contributed by atoms with Gasteiger partial charge in [-0.2, -0.15) is 0 Å². The van der Waals surface area contributed by atoms with Crippen LogP contribution in [0, 0.1) is 11.8 Å². The number of hydrogen-bond acceptors (Lipinski definition) is 3. The van der Waals surface area contributed by atoms with Crippen LogP contribution in [-0.2, 0) is 0 Å². The molecule has 0 bridgehead atoms. The lowest BCUT2D eigenvalue weighted by Gasteiger charge is -2.34. The fourth-order valence-electron chi connectivity index (χ4n) is 4.44. The normalized spacial score (nSPS) is 20.9. The van der Waals surface area contributed by atoms with Crippen LogP contribution in [0.1, 0.15) is 29.8 Å². The number of hydrogen-bond donors (Lipinski definition) is 1. The van der Waals surface area contributed by atoms with E-state index in [1.807, 2.05) is 46.2 Å². The molecular formula is C21H26N4O2. The molecule has 2 aliphatic rings. The van der Waals surface area contributed by atoms with Crippen molar-refractivity contribution in [1.82, 2.24) is 20.1 Å². The van der Waals surface area contributed by atoms with Gasteiger partial charge in [0.1, 0.15) is 5.69 Å². The molecule has 6 nitrogen and oxygen atoms in total. The molecule has 3 amide bonds. The molecule has 2 fully saturated rings. The molecule has 3 heterocycles. The van der Waals surface area contributed by atoms with Gasteiger partial charge in [0, 0.05) is 38.6 Å². The number of nitrogens with one attached hydrogen (secondary N) is 1. The van der Waals surface area contributed by atoms with Crippen LogP contribution in [0.3, 0.4) is 0 Å². The van der Waals surface area contributed by atoms with E-state index in [4.69, 9.17) is 0 Å². The van der Waals surface area contributed by atoms with Crippen LogP contribution in [0.15, 0.2) is 36.4 Å². The Hall–Kier alpha value is -2.63. The van der Waals surface area contributed by atoms with Crippen LogP contribution in [0.4, 0.5) is 4.79 Å². The van der Waals surface area contributed by atoms with E-state index in [9.17, 15) is 9.59 Å². The van der Waals surface area contributed by atoms with Crippen molar-refractivity contribution in [3.63, 3.8) is 0 Å². The molecule has 0 saturated carbocycles. The van der Waals surface area contributed by atoms with E-state index in [1.165, 1.54) is 0 Å². The Morgan fingerprint density at radius 2 is 1.67 bits per heavy atom. The summed E-state index contributed by atoms with van der Waals surface area (Å²) in [5.74, 6) is 1.15. The van der Waals surface area contributed by atoms with E-state index in [0.717, 1.165) is 56.3 Å². The van der Waals surface area contributed by atoms with Crippen molar-refractivity contribution in [2.24, 2.45) is 11.8 Å². The Labute approximate surface area is 159 Å². The number of para-hydroxylation sites is 1. The van der Waals surface area contributed by atoms with Gasteiger partial charge in [-0.3, -0.25) is 4.79 Å². The summed E-state index contributed by atoms with van der Waals surface area (Å²) in [5, 5.41) is 3.75. The number of nitrogens with zero attached hydrogens (tertiary/aromatic N) is 3. The van der Waals surface area contributed by atoms with Crippen LogP contribution in [0.2, 0.25) is 0 Å². The first-order valence-electron chi connectivity index (χ1n) is 9.77. The van der Waals surface area contributed by atoms with E-state index in [-0.39, 0.29) is 11.9 Å². The fourth-order valence-corrected chi connectivity index (χ4v) is 4.44. The highest BCUT2D eigenvalue weighted by Gasteiger charge is 2.34. The number of likely N-dealkylation sites (tertiary alicyclic amines) is 2. The highest BCUT2D eigenvalue weighted by molar-refractivity contribution is 5.95. The van der Waals surface area contributed by atoms with Gasteiger partial charge in [-0.25, -0.2) is 9.78 Å². The van der Waals surface area contributed by atoms with Crippen molar-refractivity contribution >= 4 is 22.8 Å². The summed E-state index contributed by atoms with van der Waals surface area (Å²) in [6.45, 7) is 3.22. The van der Waals surface area contributed by atoms with Crippen LogP contribution < -0.4 is 5.32 Å². The minimum atomic E-state index is 0.0130. The number of piperidine rings is 1. The van der Waals surface area contributed by atoms with Crippen LogP contribution >= 0.6 is 0 Å². The van der Waals surface area contributed by atoms with Crippen molar-refractivity contribution < 1.29 is 9.59 Å². The van der Waals surface area contributed by atoms with Crippen molar-refractivity contribution in [3.8, 4) is 0 Å². The summed E-state index contributed by atoms with van der Waals surface area (Å²) in [6.07, 6.45) is 3.09. The number of rotatable bonds is 2. The summed E-state index contributed by atoms with van der Waals surface area (Å²) in [6, 6.07) is 11.7. The number of pyridine rings is 1. The summed E-state index contributed by atoms with van der Waals surface area (Å²) in [4.78, 5) is 33.0. The molecule has 1 aromatic carbocycles. The summed E-state index contributed by atoms with van der Waals surface area (Å²) < 4.78 is 0. The average molecular weight is 366 g/mol. The van der Waals surface area contributed by atoms with E-state index < -0.39 is 0 Å². The fraction of sp³-hybridized carbons (Fsp3) is 0.476. The first kappa shape index (κ1) is 17.8. The molecule has 2 aliphatic heterocycles. The molecule has 2 aromatic rings. The van der Waals surface area contributed by atoms with Gasteiger partial charge in [-0.05, 0) is 43.2 Å². The van der Waals surface area contributed by atoms with Gasteiger partial charge < -0.3 is 15.1 Å². The number of amides is 3. The zero-order valence-corrected chi connectivity index (χ0v) is 15.7. The molecule has 1 aromatic heterocycles. The maximum Gasteiger partial charge on any atom is 0.317 e. The Morgan fingerprint density at radius 1 is 0.963 bits per heavy atom. The molecule has 142 valence electrons. The summed E-state index contributed by atoms with van der Waals surface area (Å²) in [5.41, 5.74) is 1.39. The summed E-state index contributed by atoms with van der Waals surface area (Å²) >= 11 is 0. The van der Waals surface area contributed by atoms with Crippen LogP contribution in [0.25, 0.3) is 10.9 Å². The minimum absolute atomic E-state index is 0.0130. The SMILES string of the molecule is CNC(=O)N1CCC(C2CCN(C(=O)c3ccc4ccccc4n3)C2)CC1. The molecule has 0 radical (unpaired) electrons. The van der Waals surface area contributed by atoms with E-state index in [1.54, 1.807) is 7.05 Å². The van der Waals surface area contributed by atoms with Gasteiger partial charge in [0.15, 0.2) is 0 Å². The molecule has 1 N–H and O–H groups in total. The second-order valence-electron chi connectivity index (χ2n) is 7.57. The van der Waals surface area contributed by atoms with Gasteiger partial charge in [-0.15, -0.1) is 0 Å². The van der Waals surface area contributed by atoms with E-state index in [2.05, 4.69) is 10.3 Å². The number of benzene rings is 1. The second-order valence-corrected chi connectivity index (χ2v) is 7.57. The third-order valence-electron chi connectivity index (χ3n) is 6.04. The molecule has 6 heteroatoms.